The Labute approximate surface area is 140 Å². The summed E-state index contributed by atoms with van der Waals surface area (Å²) >= 11 is 7.71. The van der Waals surface area contributed by atoms with Crippen LogP contribution in [0, 0.1) is 0 Å². The van der Waals surface area contributed by atoms with Crippen LogP contribution in [0.3, 0.4) is 0 Å². The van der Waals surface area contributed by atoms with Crippen molar-refractivity contribution >= 4 is 35.2 Å². The molecule has 6 heteroatoms. The third kappa shape index (κ3) is 4.17. The third-order valence-corrected chi connectivity index (χ3v) is 4.89. The molecule has 1 saturated heterocycles. The molecule has 120 valence electrons. The fourth-order valence-electron chi connectivity index (χ4n) is 2.56. The number of hydrogen-bond acceptors (Lipinski definition) is 3. The quantitative estimate of drug-likeness (QED) is 0.794. The fourth-order valence-corrected chi connectivity index (χ4v) is 3.51. The minimum absolute atomic E-state index is 0.00357. The first kappa shape index (κ1) is 17.2. The highest BCUT2D eigenvalue weighted by molar-refractivity contribution is 7.99. The molecule has 0 aliphatic carbocycles. The Morgan fingerprint density at radius 1 is 1.18 bits per heavy atom. The van der Waals surface area contributed by atoms with Crippen molar-refractivity contribution in [1.82, 2.24) is 9.80 Å². The van der Waals surface area contributed by atoms with E-state index in [1.54, 1.807) is 29.7 Å². The highest BCUT2D eigenvalue weighted by Gasteiger charge is 2.23. The molecule has 1 aromatic carbocycles. The van der Waals surface area contributed by atoms with E-state index >= 15 is 0 Å². The van der Waals surface area contributed by atoms with Gasteiger partial charge in [0, 0.05) is 43.0 Å². The summed E-state index contributed by atoms with van der Waals surface area (Å²) in [7, 11) is 0. The molecule has 4 nitrogen and oxygen atoms in total. The highest BCUT2D eigenvalue weighted by Crippen LogP contribution is 2.27. The Hall–Kier alpha value is -1.20. The molecule has 22 heavy (non-hydrogen) atoms. The van der Waals surface area contributed by atoms with E-state index in [9.17, 15) is 9.59 Å². The molecule has 0 radical (unpaired) electrons. The zero-order chi connectivity index (χ0) is 16.1. The van der Waals surface area contributed by atoms with Crippen molar-refractivity contribution in [2.45, 2.75) is 25.2 Å². The molecule has 0 N–H and O–H groups in total. The van der Waals surface area contributed by atoms with Gasteiger partial charge in [0.2, 0.25) is 5.91 Å². The molecule has 2 rings (SSSR count). The second kappa shape index (κ2) is 7.88. The largest absolute Gasteiger partial charge is 0.341 e. The van der Waals surface area contributed by atoms with E-state index in [1.807, 2.05) is 17.0 Å². The molecule has 0 atom stereocenters. The van der Waals surface area contributed by atoms with Crippen LogP contribution in [0.25, 0.3) is 0 Å². The SMILES string of the molecule is CCSc1ccc(Cl)cc1C(=O)N1CCCN(C(C)=O)CC1. The molecule has 1 aliphatic rings. The molecule has 1 heterocycles. The van der Waals surface area contributed by atoms with Crippen LogP contribution in [-0.4, -0.2) is 53.5 Å². The summed E-state index contributed by atoms with van der Waals surface area (Å²) in [4.78, 5) is 28.9. The number of hydrogen-bond donors (Lipinski definition) is 0. The Balaban J connectivity index is 2.17. The van der Waals surface area contributed by atoms with Gasteiger partial charge in [-0.1, -0.05) is 18.5 Å². The molecule has 0 aromatic heterocycles. The molecule has 2 amide bonds. The predicted octanol–water partition coefficient (Wildman–Crippen LogP) is 3.15. The van der Waals surface area contributed by atoms with Gasteiger partial charge >= 0.3 is 0 Å². The fraction of sp³-hybridized carbons (Fsp3) is 0.500. The van der Waals surface area contributed by atoms with E-state index in [0.717, 1.165) is 17.1 Å². The number of nitrogens with zero attached hydrogens (tertiary/aromatic N) is 2. The summed E-state index contributed by atoms with van der Waals surface area (Å²) < 4.78 is 0. The Morgan fingerprint density at radius 2 is 1.86 bits per heavy atom. The van der Waals surface area contributed by atoms with Crippen LogP contribution in [0.1, 0.15) is 30.6 Å². The summed E-state index contributed by atoms with van der Waals surface area (Å²) in [5.41, 5.74) is 0.663. The standard InChI is InChI=1S/C16H21ClN2O2S/c1-3-22-15-6-5-13(17)11-14(15)16(21)19-8-4-7-18(9-10-19)12(2)20/h5-6,11H,3-4,7-10H2,1-2H3. The van der Waals surface area contributed by atoms with Gasteiger partial charge in [0.15, 0.2) is 0 Å². The lowest BCUT2D eigenvalue weighted by Crippen LogP contribution is -2.36. The van der Waals surface area contributed by atoms with Gasteiger partial charge in [-0.25, -0.2) is 0 Å². The van der Waals surface area contributed by atoms with Crippen LogP contribution in [-0.2, 0) is 4.79 Å². The lowest BCUT2D eigenvalue weighted by atomic mass is 10.2. The summed E-state index contributed by atoms with van der Waals surface area (Å²) in [6, 6.07) is 5.47. The number of benzene rings is 1. The average molecular weight is 341 g/mol. The van der Waals surface area contributed by atoms with Gasteiger partial charge in [0.1, 0.15) is 0 Å². The smallest absolute Gasteiger partial charge is 0.255 e. The number of carbonyl (C=O) groups excluding carboxylic acids is 2. The number of amides is 2. The predicted molar refractivity (Wildman–Crippen MR) is 90.6 cm³/mol. The normalized spacial score (nSPS) is 15.6. The summed E-state index contributed by atoms with van der Waals surface area (Å²) in [5, 5.41) is 0.573. The van der Waals surface area contributed by atoms with Crippen molar-refractivity contribution in [2.24, 2.45) is 0 Å². The van der Waals surface area contributed by atoms with Gasteiger partial charge in [-0.3, -0.25) is 9.59 Å². The van der Waals surface area contributed by atoms with Gasteiger partial charge in [-0.05, 0) is 30.4 Å². The van der Waals surface area contributed by atoms with Gasteiger partial charge in [-0.15, -0.1) is 11.8 Å². The third-order valence-electron chi connectivity index (χ3n) is 3.70. The molecular formula is C16H21ClN2O2S. The number of thioether (sulfide) groups is 1. The topological polar surface area (TPSA) is 40.6 Å². The maximum absolute atomic E-state index is 12.8. The monoisotopic (exact) mass is 340 g/mol. The van der Waals surface area contributed by atoms with Crippen LogP contribution in [0.5, 0.6) is 0 Å². The highest BCUT2D eigenvalue weighted by atomic mass is 35.5. The second-order valence-corrected chi connectivity index (χ2v) is 6.97. The first-order valence-electron chi connectivity index (χ1n) is 7.50. The van der Waals surface area contributed by atoms with Gasteiger partial charge in [-0.2, -0.15) is 0 Å². The van der Waals surface area contributed by atoms with E-state index in [-0.39, 0.29) is 11.8 Å². The minimum atomic E-state index is 0.00357. The molecule has 1 aromatic rings. The minimum Gasteiger partial charge on any atom is -0.341 e. The maximum atomic E-state index is 12.8. The van der Waals surface area contributed by atoms with Gasteiger partial charge in [0.25, 0.3) is 5.91 Å². The average Bonchev–Trinajstić information content (AvgIpc) is 2.74. The van der Waals surface area contributed by atoms with Crippen molar-refractivity contribution in [2.75, 3.05) is 31.9 Å². The number of rotatable bonds is 3. The Morgan fingerprint density at radius 3 is 2.55 bits per heavy atom. The van der Waals surface area contributed by atoms with Crippen molar-refractivity contribution < 1.29 is 9.59 Å². The first-order chi connectivity index (χ1) is 10.5. The zero-order valence-electron chi connectivity index (χ0n) is 13.0. The van der Waals surface area contributed by atoms with Gasteiger partial charge < -0.3 is 9.80 Å². The molecule has 0 unspecified atom stereocenters. The summed E-state index contributed by atoms with van der Waals surface area (Å²) in [5.74, 6) is 0.975. The van der Waals surface area contributed by atoms with Crippen LogP contribution < -0.4 is 0 Å². The van der Waals surface area contributed by atoms with Crippen LogP contribution >= 0.6 is 23.4 Å². The zero-order valence-corrected chi connectivity index (χ0v) is 14.5. The second-order valence-electron chi connectivity index (χ2n) is 5.23. The van der Waals surface area contributed by atoms with Crippen LogP contribution in [0.2, 0.25) is 5.02 Å². The van der Waals surface area contributed by atoms with E-state index in [2.05, 4.69) is 6.92 Å². The van der Waals surface area contributed by atoms with Crippen LogP contribution in [0.15, 0.2) is 23.1 Å². The van der Waals surface area contributed by atoms with E-state index in [4.69, 9.17) is 11.6 Å². The molecule has 1 fully saturated rings. The lowest BCUT2D eigenvalue weighted by molar-refractivity contribution is -0.128. The molecule has 0 spiro atoms. The molecule has 0 saturated carbocycles. The summed E-state index contributed by atoms with van der Waals surface area (Å²) in [6.45, 7) is 6.18. The molecular weight excluding hydrogens is 320 g/mol. The van der Waals surface area contributed by atoms with E-state index in [0.29, 0.717) is 36.8 Å². The van der Waals surface area contributed by atoms with Crippen molar-refractivity contribution in [3.8, 4) is 0 Å². The molecule has 0 bridgehead atoms. The lowest BCUT2D eigenvalue weighted by Gasteiger charge is -2.22. The van der Waals surface area contributed by atoms with Crippen LogP contribution in [0.4, 0.5) is 0 Å². The Bertz CT molecular complexity index is 565. The summed E-state index contributed by atoms with van der Waals surface area (Å²) in [6.07, 6.45) is 0.808. The molecule has 1 aliphatic heterocycles. The van der Waals surface area contributed by atoms with E-state index < -0.39 is 0 Å². The first-order valence-corrected chi connectivity index (χ1v) is 8.86. The van der Waals surface area contributed by atoms with Crippen molar-refractivity contribution in [1.29, 1.82) is 0 Å². The van der Waals surface area contributed by atoms with Crippen molar-refractivity contribution in [3.05, 3.63) is 28.8 Å². The number of halogens is 1. The number of carbonyl (C=O) groups is 2. The van der Waals surface area contributed by atoms with Crippen molar-refractivity contribution in [3.63, 3.8) is 0 Å². The maximum Gasteiger partial charge on any atom is 0.255 e. The van der Waals surface area contributed by atoms with Gasteiger partial charge in [0.05, 0.1) is 5.56 Å². The Kier molecular flexibility index (Phi) is 6.15. The van der Waals surface area contributed by atoms with E-state index in [1.165, 1.54) is 0 Å².